The van der Waals surface area contributed by atoms with E-state index in [4.69, 9.17) is 15.3 Å². The van der Waals surface area contributed by atoms with Gasteiger partial charge in [-0.2, -0.15) is 0 Å². The minimum atomic E-state index is -4.07. The number of rotatable bonds is 8. The summed E-state index contributed by atoms with van der Waals surface area (Å²) in [4.78, 5) is 0. The third-order valence-corrected chi connectivity index (χ3v) is 2.16. The lowest BCUT2D eigenvalue weighted by Gasteiger charge is -2.25. The zero-order valence-corrected chi connectivity index (χ0v) is 8.87. The highest BCUT2D eigenvalue weighted by atomic mass is 19.2. The Morgan fingerprint density at radius 1 is 0.882 bits per heavy atom. The van der Waals surface area contributed by atoms with E-state index in [2.05, 4.69) is 0 Å². The average Bonchev–Trinajstić information content (AvgIpc) is 2.25. The second-order valence-corrected chi connectivity index (χ2v) is 3.68. The van der Waals surface area contributed by atoms with Crippen molar-refractivity contribution in [3.63, 3.8) is 0 Å². The molecule has 0 spiro atoms. The van der Waals surface area contributed by atoms with Gasteiger partial charge >= 0.3 is 5.97 Å². The molecule has 0 aliphatic carbocycles. The van der Waals surface area contributed by atoms with Crippen molar-refractivity contribution >= 4 is 0 Å². The molecule has 0 aromatic carbocycles. The van der Waals surface area contributed by atoms with Gasteiger partial charge in [0, 0.05) is 0 Å². The summed E-state index contributed by atoms with van der Waals surface area (Å²) in [6, 6.07) is 0. The third kappa shape index (κ3) is 5.60. The van der Waals surface area contributed by atoms with Crippen LogP contribution >= 0.6 is 0 Å². The molecule has 0 aliphatic rings. The second kappa shape index (κ2) is 7.07. The van der Waals surface area contributed by atoms with Gasteiger partial charge in [-0.15, -0.1) is 0 Å². The molecule has 4 atom stereocenters. The fourth-order valence-electron chi connectivity index (χ4n) is 1.17. The first kappa shape index (κ1) is 16.5. The minimum Gasteiger partial charge on any atom is -0.341 e. The van der Waals surface area contributed by atoms with Gasteiger partial charge in [-0.1, -0.05) is 0 Å². The average molecular weight is 266 g/mol. The van der Waals surface area contributed by atoms with Crippen LogP contribution in [0.25, 0.3) is 0 Å². The van der Waals surface area contributed by atoms with E-state index in [1.165, 1.54) is 0 Å². The van der Waals surface area contributed by atoms with Crippen LogP contribution in [0, 0.1) is 0 Å². The molecular formula is C9H15F5O3. The van der Waals surface area contributed by atoms with E-state index >= 15 is 0 Å². The molecule has 17 heavy (non-hydrogen) atoms. The zero-order valence-electron chi connectivity index (χ0n) is 8.87. The first-order valence-electron chi connectivity index (χ1n) is 5.01. The van der Waals surface area contributed by atoms with Crippen LogP contribution in [0.4, 0.5) is 22.0 Å². The van der Waals surface area contributed by atoms with Crippen LogP contribution in [0.1, 0.15) is 19.3 Å². The maximum Gasteiger partial charge on any atom is 0.311 e. The summed E-state index contributed by atoms with van der Waals surface area (Å²) in [6.45, 7) is -0.735. The molecule has 0 saturated carbocycles. The number of alkyl halides is 5. The largest absolute Gasteiger partial charge is 0.341 e. The number of halogens is 5. The van der Waals surface area contributed by atoms with Crippen molar-refractivity contribution in [1.82, 2.24) is 0 Å². The number of aliphatic hydroxyl groups is 3. The van der Waals surface area contributed by atoms with E-state index < -0.39 is 43.8 Å². The van der Waals surface area contributed by atoms with Crippen molar-refractivity contribution in [2.45, 2.75) is 49.9 Å². The molecule has 0 aromatic heterocycles. The Bertz CT molecular complexity index is 211. The van der Waals surface area contributed by atoms with E-state index in [0.29, 0.717) is 0 Å². The molecule has 104 valence electrons. The first-order valence-corrected chi connectivity index (χ1v) is 5.01. The summed E-state index contributed by atoms with van der Waals surface area (Å²) < 4.78 is 63.2. The van der Waals surface area contributed by atoms with Crippen LogP contribution in [-0.2, 0) is 0 Å². The van der Waals surface area contributed by atoms with E-state index in [-0.39, 0.29) is 12.8 Å². The molecule has 8 heteroatoms. The summed E-state index contributed by atoms with van der Waals surface area (Å²) in [5, 5.41) is 24.8. The van der Waals surface area contributed by atoms with Crippen LogP contribution < -0.4 is 0 Å². The molecule has 0 saturated heterocycles. The number of hydrogen-bond donors (Lipinski definition) is 3. The number of unbranched alkanes of at least 4 members (excludes halogenated alkanes) is 1. The third-order valence-electron chi connectivity index (χ3n) is 2.16. The van der Waals surface area contributed by atoms with Crippen molar-refractivity contribution in [2.24, 2.45) is 0 Å². The Kier molecular flexibility index (Phi) is 6.88. The SMILES string of the molecule is OC(O)(O)C(F)C(F)C(F)C(F)CCCCF. The fourth-order valence-corrected chi connectivity index (χ4v) is 1.17. The highest BCUT2D eigenvalue weighted by Gasteiger charge is 2.46. The van der Waals surface area contributed by atoms with Crippen molar-refractivity contribution in [1.29, 1.82) is 0 Å². The van der Waals surface area contributed by atoms with E-state index in [1.807, 2.05) is 0 Å². The Labute approximate surface area is 94.9 Å². The molecule has 3 nitrogen and oxygen atoms in total. The molecule has 0 radical (unpaired) electrons. The smallest absolute Gasteiger partial charge is 0.311 e. The first-order chi connectivity index (χ1) is 7.71. The Morgan fingerprint density at radius 3 is 1.82 bits per heavy atom. The van der Waals surface area contributed by atoms with Crippen LogP contribution in [0.5, 0.6) is 0 Å². The fraction of sp³-hybridized carbons (Fsp3) is 1.00. The van der Waals surface area contributed by atoms with Gasteiger partial charge in [-0.3, -0.25) is 4.39 Å². The molecule has 0 aliphatic heterocycles. The molecule has 3 N–H and O–H groups in total. The van der Waals surface area contributed by atoms with Gasteiger partial charge < -0.3 is 15.3 Å². The Balaban J connectivity index is 4.23. The lowest BCUT2D eigenvalue weighted by atomic mass is 10.0. The molecular weight excluding hydrogens is 251 g/mol. The standard InChI is InChI=1S/C9H15F5O3/c10-4-2-1-3-5(11)6(12)7(13)8(14)9(15,16)17/h5-8,15-17H,1-4H2. The maximum absolute atomic E-state index is 13.0. The summed E-state index contributed by atoms with van der Waals surface area (Å²) in [5.74, 6) is -4.07. The van der Waals surface area contributed by atoms with Crippen LogP contribution in [0.2, 0.25) is 0 Å². The van der Waals surface area contributed by atoms with Gasteiger partial charge in [0.25, 0.3) is 0 Å². The topological polar surface area (TPSA) is 60.7 Å². The summed E-state index contributed by atoms with van der Waals surface area (Å²) >= 11 is 0. The van der Waals surface area contributed by atoms with Gasteiger partial charge in [0.1, 0.15) is 6.17 Å². The maximum atomic E-state index is 13.0. The Morgan fingerprint density at radius 2 is 1.41 bits per heavy atom. The lowest BCUT2D eigenvalue weighted by Crippen LogP contribution is -2.49. The second-order valence-electron chi connectivity index (χ2n) is 3.68. The van der Waals surface area contributed by atoms with Crippen LogP contribution in [0.15, 0.2) is 0 Å². The molecule has 0 fully saturated rings. The predicted molar refractivity (Wildman–Crippen MR) is 48.8 cm³/mol. The molecule has 0 amide bonds. The van der Waals surface area contributed by atoms with Crippen LogP contribution in [-0.4, -0.2) is 52.7 Å². The van der Waals surface area contributed by atoms with E-state index in [0.717, 1.165) is 0 Å². The molecule has 0 bridgehead atoms. The van der Waals surface area contributed by atoms with Gasteiger partial charge in [-0.05, 0) is 19.3 Å². The normalized spacial score (nSPS) is 19.8. The minimum absolute atomic E-state index is 0.0346. The summed E-state index contributed by atoms with van der Waals surface area (Å²) in [6.07, 6.45) is -12.6. The predicted octanol–water partition coefficient (Wildman–Crippen LogP) is 1.11. The molecule has 0 aromatic rings. The molecule has 0 heterocycles. The zero-order chi connectivity index (χ0) is 13.6. The van der Waals surface area contributed by atoms with Crippen molar-refractivity contribution in [3.05, 3.63) is 0 Å². The Hall–Kier alpha value is -0.470. The highest BCUT2D eigenvalue weighted by Crippen LogP contribution is 2.24. The molecule has 0 rings (SSSR count). The summed E-state index contributed by atoms with van der Waals surface area (Å²) in [5.41, 5.74) is 0. The molecule has 4 unspecified atom stereocenters. The van der Waals surface area contributed by atoms with Gasteiger partial charge in [0.15, 0.2) is 12.3 Å². The monoisotopic (exact) mass is 266 g/mol. The summed E-state index contributed by atoms with van der Waals surface area (Å²) in [7, 11) is 0. The van der Waals surface area contributed by atoms with Gasteiger partial charge in [0.05, 0.1) is 6.67 Å². The van der Waals surface area contributed by atoms with Crippen molar-refractivity contribution in [3.8, 4) is 0 Å². The van der Waals surface area contributed by atoms with Crippen molar-refractivity contribution < 1.29 is 37.3 Å². The number of hydrogen-bond acceptors (Lipinski definition) is 3. The van der Waals surface area contributed by atoms with Gasteiger partial charge in [-0.25, -0.2) is 17.6 Å². The quantitative estimate of drug-likeness (QED) is 0.350. The van der Waals surface area contributed by atoms with E-state index in [9.17, 15) is 22.0 Å². The van der Waals surface area contributed by atoms with Crippen LogP contribution in [0.3, 0.4) is 0 Å². The lowest BCUT2D eigenvalue weighted by molar-refractivity contribution is -0.352. The van der Waals surface area contributed by atoms with Gasteiger partial charge in [0.2, 0.25) is 6.17 Å². The highest BCUT2D eigenvalue weighted by molar-refractivity contribution is 4.85. The van der Waals surface area contributed by atoms with Crippen molar-refractivity contribution in [2.75, 3.05) is 6.67 Å². The van der Waals surface area contributed by atoms with E-state index in [1.54, 1.807) is 0 Å².